The number of rotatable bonds is 5. The number of aliphatic hydroxyl groups is 1. The maximum absolute atomic E-state index is 13.1. The molecule has 0 fully saturated rings. The molecule has 0 aliphatic heterocycles. The van der Waals surface area contributed by atoms with Crippen LogP contribution in [0.4, 0.5) is 4.39 Å². The average molecular weight is 305 g/mol. The van der Waals surface area contributed by atoms with Crippen molar-refractivity contribution in [1.29, 1.82) is 0 Å². The van der Waals surface area contributed by atoms with Crippen LogP contribution in [0.15, 0.2) is 47.2 Å². The summed E-state index contributed by atoms with van der Waals surface area (Å²) in [5, 5.41) is 16.2. The molecule has 0 aliphatic carbocycles. The molecule has 1 atom stereocenters. The zero-order valence-corrected chi connectivity index (χ0v) is 12.4. The Labute approximate surface area is 126 Å². The van der Waals surface area contributed by atoms with Gasteiger partial charge in [0.1, 0.15) is 5.82 Å². The van der Waals surface area contributed by atoms with E-state index in [0.717, 1.165) is 5.56 Å². The van der Waals surface area contributed by atoms with Crippen molar-refractivity contribution in [2.24, 2.45) is 0 Å². The van der Waals surface area contributed by atoms with Gasteiger partial charge >= 0.3 is 0 Å². The molecular weight excluding hydrogens is 289 g/mol. The quantitative estimate of drug-likeness (QED) is 0.834. The largest absolute Gasteiger partial charge is 0.387 e. The highest BCUT2D eigenvalue weighted by Crippen LogP contribution is 2.16. The molecule has 110 valence electrons. The molecule has 2 N–H and O–H groups in total. The molecule has 1 heterocycles. The van der Waals surface area contributed by atoms with Crippen LogP contribution in [0.2, 0.25) is 0 Å². The highest BCUT2D eigenvalue weighted by atomic mass is 32.1. The van der Waals surface area contributed by atoms with Crippen molar-refractivity contribution < 1.29 is 14.3 Å². The van der Waals surface area contributed by atoms with E-state index in [4.69, 9.17) is 0 Å². The number of benzene rings is 1. The topological polar surface area (TPSA) is 49.3 Å². The molecule has 1 aromatic heterocycles. The van der Waals surface area contributed by atoms with Gasteiger partial charge < -0.3 is 10.4 Å². The van der Waals surface area contributed by atoms with Gasteiger partial charge in [-0.3, -0.25) is 4.79 Å². The monoisotopic (exact) mass is 305 g/mol. The summed E-state index contributed by atoms with van der Waals surface area (Å²) in [6.07, 6.45) is 0.679. The highest BCUT2D eigenvalue weighted by molar-refractivity contribution is 7.07. The van der Waals surface area contributed by atoms with Crippen LogP contribution in [0, 0.1) is 5.82 Å². The van der Waals surface area contributed by atoms with Gasteiger partial charge in [0.2, 0.25) is 5.91 Å². The summed E-state index contributed by atoms with van der Waals surface area (Å²) < 4.78 is 13.1. The second-order valence-electron chi connectivity index (χ2n) is 4.66. The minimum atomic E-state index is -0.719. The number of nitrogens with one attached hydrogen (secondary N) is 1. The summed E-state index contributed by atoms with van der Waals surface area (Å²) in [4.78, 5) is 11.8. The minimum absolute atomic E-state index is 0.141. The molecule has 3 nitrogen and oxygen atoms in total. The predicted molar refractivity (Wildman–Crippen MR) is 82.3 cm³/mol. The number of carbonyl (C=O) groups excluding carboxylic acids is 1. The minimum Gasteiger partial charge on any atom is -0.387 e. The molecule has 1 amide bonds. The number of aliphatic hydroxyl groups excluding tert-OH is 1. The second kappa shape index (κ2) is 7.15. The molecule has 0 aliphatic rings. The van der Waals surface area contributed by atoms with Crippen LogP contribution in [0.25, 0.3) is 5.57 Å². The zero-order valence-electron chi connectivity index (χ0n) is 11.5. The molecule has 21 heavy (non-hydrogen) atoms. The van der Waals surface area contributed by atoms with Crippen LogP contribution in [0.5, 0.6) is 0 Å². The molecule has 0 radical (unpaired) electrons. The molecule has 2 aromatic rings. The lowest BCUT2D eigenvalue weighted by atomic mass is 10.1. The SMILES string of the molecule is CC(=CC(=O)NCC(O)c1ccsc1)c1cccc(F)c1. The Hall–Kier alpha value is -1.98. The van der Waals surface area contributed by atoms with E-state index in [0.29, 0.717) is 11.1 Å². The van der Waals surface area contributed by atoms with Crippen molar-refractivity contribution in [2.45, 2.75) is 13.0 Å². The number of amides is 1. The number of carbonyl (C=O) groups is 1. The van der Waals surface area contributed by atoms with Crippen molar-refractivity contribution in [2.75, 3.05) is 6.54 Å². The summed E-state index contributed by atoms with van der Waals surface area (Å²) in [5.74, 6) is -0.653. The maximum atomic E-state index is 13.1. The van der Waals surface area contributed by atoms with E-state index < -0.39 is 6.10 Å². The van der Waals surface area contributed by atoms with E-state index in [-0.39, 0.29) is 18.3 Å². The van der Waals surface area contributed by atoms with Gasteiger partial charge in [-0.1, -0.05) is 12.1 Å². The molecular formula is C16H16FNO2S. The number of hydrogen-bond donors (Lipinski definition) is 2. The Morgan fingerprint density at radius 1 is 1.48 bits per heavy atom. The first-order valence-electron chi connectivity index (χ1n) is 6.48. The number of thiophene rings is 1. The molecule has 5 heteroatoms. The normalized spacial score (nSPS) is 13.0. The smallest absolute Gasteiger partial charge is 0.244 e. The number of allylic oxidation sites excluding steroid dienone is 1. The van der Waals surface area contributed by atoms with Crippen LogP contribution < -0.4 is 5.32 Å². The standard InChI is InChI=1S/C16H16FNO2S/c1-11(12-3-2-4-14(17)8-12)7-16(20)18-9-15(19)13-5-6-21-10-13/h2-8,10,15,19H,9H2,1H3,(H,18,20). The first-order chi connectivity index (χ1) is 10.1. The van der Waals surface area contributed by atoms with Gasteiger partial charge in [-0.25, -0.2) is 4.39 Å². The summed E-state index contributed by atoms with van der Waals surface area (Å²) in [6, 6.07) is 7.88. The van der Waals surface area contributed by atoms with Gasteiger partial charge in [-0.2, -0.15) is 11.3 Å². The van der Waals surface area contributed by atoms with Gasteiger partial charge in [0, 0.05) is 12.6 Å². The van der Waals surface area contributed by atoms with E-state index in [2.05, 4.69) is 5.32 Å². The molecule has 1 unspecified atom stereocenters. The highest BCUT2D eigenvalue weighted by Gasteiger charge is 2.09. The third kappa shape index (κ3) is 4.51. The molecule has 0 bridgehead atoms. The van der Waals surface area contributed by atoms with Crippen molar-refractivity contribution in [3.05, 3.63) is 64.1 Å². The number of hydrogen-bond acceptors (Lipinski definition) is 3. The van der Waals surface area contributed by atoms with E-state index >= 15 is 0 Å². The van der Waals surface area contributed by atoms with Crippen molar-refractivity contribution >= 4 is 22.8 Å². The Kier molecular flexibility index (Phi) is 5.25. The summed E-state index contributed by atoms with van der Waals surface area (Å²) in [7, 11) is 0. The third-order valence-electron chi connectivity index (χ3n) is 3.03. The number of halogens is 1. The molecule has 1 aromatic carbocycles. The fraction of sp³-hybridized carbons (Fsp3) is 0.188. The van der Waals surface area contributed by atoms with Crippen LogP contribution in [0.3, 0.4) is 0 Å². The van der Waals surface area contributed by atoms with E-state index in [1.807, 2.05) is 16.8 Å². The van der Waals surface area contributed by atoms with Gasteiger partial charge in [0.15, 0.2) is 0 Å². The second-order valence-corrected chi connectivity index (χ2v) is 5.44. The summed E-state index contributed by atoms with van der Waals surface area (Å²) >= 11 is 1.49. The Balaban J connectivity index is 1.93. The Morgan fingerprint density at radius 2 is 2.29 bits per heavy atom. The average Bonchev–Trinajstić information content (AvgIpc) is 2.99. The van der Waals surface area contributed by atoms with Crippen molar-refractivity contribution in [3.63, 3.8) is 0 Å². The van der Waals surface area contributed by atoms with E-state index in [1.54, 1.807) is 19.1 Å². The van der Waals surface area contributed by atoms with E-state index in [9.17, 15) is 14.3 Å². The first-order valence-corrected chi connectivity index (χ1v) is 7.43. The van der Waals surface area contributed by atoms with Crippen molar-refractivity contribution in [1.82, 2.24) is 5.32 Å². The van der Waals surface area contributed by atoms with Gasteiger partial charge in [-0.05, 0) is 52.6 Å². The fourth-order valence-electron chi connectivity index (χ4n) is 1.84. The van der Waals surface area contributed by atoms with Crippen LogP contribution in [0.1, 0.15) is 24.2 Å². The van der Waals surface area contributed by atoms with Gasteiger partial charge in [0.05, 0.1) is 6.10 Å². The van der Waals surface area contributed by atoms with Crippen LogP contribution in [-0.4, -0.2) is 17.6 Å². The lowest BCUT2D eigenvalue weighted by Crippen LogP contribution is -2.26. The lowest BCUT2D eigenvalue weighted by molar-refractivity contribution is -0.116. The summed E-state index contributed by atoms with van der Waals surface area (Å²) in [6.45, 7) is 1.88. The molecule has 2 rings (SSSR count). The predicted octanol–water partition coefficient (Wildman–Crippen LogP) is 3.14. The van der Waals surface area contributed by atoms with Gasteiger partial charge in [0.25, 0.3) is 0 Å². The Bertz CT molecular complexity index is 637. The molecule has 0 saturated heterocycles. The summed E-state index contributed by atoms with van der Waals surface area (Å²) in [5.41, 5.74) is 2.10. The van der Waals surface area contributed by atoms with E-state index in [1.165, 1.54) is 29.5 Å². The van der Waals surface area contributed by atoms with Gasteiger partial charge in [-0.15, -0.1) is 0 Å². The fourth-order valence-corrected chi connectivity index (χ4v) is 2.55. The Morgan fingerprint density at radius 3 is 2.95 bits per heavy atom. The first kappa shape index (κ1) is 15.4. The lowest BCUT2D eigenvalue weighted by Gasteiger charge is -2.09. The molecule has 0 saturated carbocycles. The van der Waals surface area contributed by atoms with Crippen molar-refractivity contribution in [3.8, 4) is 0 Å². The van der Waals surface area contributed by atoms with Crippen LogP contribution >= 0.6 is 11.3 Å². The van der Waals surface area contributed by atoms with Crippen LogP contribution in [-0.2, 0) is 4.79 Å². The zero-order chi connectivity index (χ0) is 15.2. The maximum Gasteiger partial charge on any atom is 0.244 e. The third-order valence-corrected chi connectivity index (χ3v) is 3.73. The molecule has 0 spiro atoms.